The van der Waals surface area contributed by atoms with Crippen LogP contribution >= 0.6 is 11.6 Å². The summed E-state index contributed by atoms with van der Waals surface area (Å²) in [7, 11) is 3.42. The highest BCUT2D eigenvalue weighted by Gasteiger charge is 2.21. The van der Waals surface area contributed by atoms with E-state index in [2.05, 4.69) is 19.2 Å². The Kier molecular flexibility index (Phi) is 7.21. The van der Waals surface area contributed by atoms with E-state index in [1.165, 1.54) is 0 Å². The first-order chi connectivity index (χ1) is 9.13. The summed E-state index contributed by atoms with van der Waals surface area (Å²) in [6.07, 6.45) is 0.990. The maximum absolute atomic E-state index is 6.12. The molecule has 3 nitrogen and oxygen atoms in total. The molecule has 1 aromatic rings. The van der Waals surface area contributed by atoms with Crippen molar-refractivity contribution in [2.45, 2.75) is 26.3 Å². The number of benzene rings is 1. The minimum absolute atomic E-state index is 0.216. The lowest BCUT2D eigenvalue weighted by atomic mass is 9.91. The van der Waals surface area contributed by atoms with Gasteiger partial charge in [-0.3, -0.25) is 0 Å². The van der Waals surface area contributed by atoms with Crippen molar-refractivity contribution in [3.05, 3.63) is 28.8 Å². The molecule has 0 radical (unpaired) electrons. The van der Waals surface area contributed by atoms with Gasteiger partial charge in [-0.05, 0) is 37.1 Å². The molecular weight excluding hydrogens is 262 g/mol. The molecule has 2 unspecified atom stereocenters. The molecule has 108 valence electrons. The molecule has 1 N–H and O–H groups in total. The molecule has 2 atom stereocenters. The van der Waals surface area contributed by atoms with Crippen molar-refractivity contribution in [3.63, 3.8) is 0 Å². The van der Waals surface area contributed by atoms with E-state index in [1.807, 2.05) is 18.2 Å². The Morgan fingerprint density at radius 1 is 1.32 bits per heavy atom. The molecule has 0 saturated carbocycles. The molecular formula is C15H24ClNO2. The van der Waals surface area contributed by atoms with E-state index in [1.54, 1.807) is 14.2 Å². The van der Waals surface area contributed by atoms with Crippen LogP contribution in [-0.2, 0) is 4.74 Å². The average molecular weight is 286 g/mol. The van der Waals surface area contributed by atoms with E-state index < -0.39 is 0 Å². The van der Waals surface area contributed by atoms with E-state index in [0.29, 0.717) is 5.92 Å². The van der Waals surface area contributed by atoms with E-state index in [0.717, 1.165) is 35.9 Å². The zero-order valence-corrected chi connectivity index (χ0v) is 13.0. The van der Waals surface area contributed by atoms with E-state index in [-0.39, 0.29) is 6.04 Å². The Morgan fingerprint density at radius 2 is 2.05 bits per heavy atom. The molecule has 0 fully saturated rings. The van der Waals surface area contributed by atoms with Crippen LogP contribution in [0.25, 0.3) is 0 Å². The number of rotatable bonds is 8. The largest absolute Gasteiger partial charge is 0.496 e. The summed E-state index contributed by atoms with van der Waals surface area (Å²) in [5, 5.41) is 4.25. The van der Waals surface area contributed by atoms with Gasteiger partial charge in [0.05, 0.1) is 7.11 Å². The van der Waals surface area contributed by atoms with Gasteiger partial charge in [0.1, 0.15) is 5.75 Å². The van der Waals surface area contributed by atoms with Crippen LogP contribution in [0.4, 0.5) is 0 Å². The lowest BCUT2D eigenvalue weighted by Crippen LogP contribution is -2.28. The lowest BCUT2D eigenvalue weighted by molar-refractivity contribution is 0.170. The van der Waals surface area contributed by atoms with E-state index in [9.17, 15) is 0 Å². The first-order valence-electron chi connectivity index (χ1n) is 6.69. The fourth-order valence-electron chi connectivity index (χ4n) is 2.26. The standard InChI is InChI=1S/C15H24ClNO2/c1-5-17-15(11(2)8-9-18-3)13-10-12(16)6-7-14(13)19-4/h6-7,10-11,15,17H,5,8-9H2,1-4H3. The predicted molar refractivity (Wildman–Crippen MR) is 80.1 cm³/mol. The molecule has 0 amide bonds. The number of hydrogen-bond acceptors (Lipinski definition) is 3. The lowest BCUT2D eigenvalue weighted by Gasteiger charge is -2.27. The van der Waals surface area contributed by atoms with Gasteiger partial charge in [0, 0.05) is 30.3 Å². The number of methoxy groups -OCH3 is 2. The summed E-state index contributed by atoms with van der Waals surface area (Å²) in [5.41, 5.74) is 1.11. The van der Waals surface area contributed by atoms with Crippen LogP contribution in [0.15, 0.2) is 18.2 Å². The average Bonchev–Trinajstić information content (AvgIpc) is 2.42. The second-order valence-corrected chi connectivity index (χ2v) is 5.12. The number of halogens is 1. The predicted octanol–water partition coefficient (Wildman–Crippen LogP) is 3.67. The molecule has 4 heteroatoms. The summed E-state index contributed by atoms with van der Waals surface area (Å²) >= 11 is 6.12. The highest BCUT2D eigenvalue weighted by atomic mass is 35.5. The van der Waals surface area contributed by atoms with Crippen molar-refractivity contribution in [2.75, 3.05) is 27.4 Å². The van der Waals surface area contributed by atoms with Crippen LogP contribution < -0.4 is 10.1 Å². The van der Waals surface area contributed by atoms with Crippen LogP contribution in [0.3, 0.4) is 0 Å². The minimum atomic E-state index is 0.216. The minimum Gasteiger partial charge on any atom is -0.496 e. The van der Waals surface area contributed by atoms with Gasteiger partial charge in [-0.15, -0.1) is 0 Å². The Morgan fingerprint density at radius 3 is 2.63 bits per heavy atom. The molecule has 0 aliphatic carbocycles. The van der Waals surface area contributed by atoms with Crippen molar-refractivity contribution in [3.8, 4) is 5.75 Å². The Hall–Kier alpha value is -0.770. The topological polar surface area (TPSA) is 30.5 Å². The quantitative estimate of drug-likeness (QED) is 0.790. The third-order valence-electron chi connectivity index (χ3n) is 3.30. The fraction of sp³-hybridized carbons (Fsp3) is 0.600. The van der Waals surface area contributed by atoms with Gasteiger partial charge in [0.25, 0.3) is 0 Å². The summed E-state index contributed by atoms with van der Waals surface area (Å²) in [5.74, 6) is 1.31. The number of ether oxygens (including phenoxy) is 2. The van der Waals surface area contributed by atoms with Gasteiger partial charge in [0.15, 0.2) is 0 Å². The maximum Gasteiger partial charge on any atom is 0.123 e. The molecule has 0 saturated heterocycles. The number of nitrogens with one attached hydrogen (secondary N) is 1. The molecule has 0 bridgehead atoms. The molecule has 0 heterocycles. The maximum atomic E-state index is 6.12. The zero-order valence-electron chi connectivity index (χ0n) is 12.2. The van der Waals surface area contributed by atoms with Crippen LogP contribution in [-0.4, -0.2) is 27.4 Å². The third kappa shape index (κ3) is 4.68. The van der Waals surface area contributed by atoms with Crippen LogP contribution in [0.1, 0.15) is 31.9 Å². The Balaban J connectivity index is 2.99. The fourth-order valence-corrected chi connectivity index (χ4v) is 2.44. The monoisotopic (exact) mass is 285 g/mol. The van der Waals surface area contributed by atoms with Gasteiger partial charge < -0.3 is 14.8 Å². The smallest absolute Gasteiger partial charge is 0.123 e. The Bertz CT molecular complexity index is 384. The van der Waals surface area contributed by atoms with Crippen LogP contribution in [0.5, 0.6) is 5.75 Å². The molecule has 19 heavy (non-hydrogen) atoms. The van der Waals surface area contributed by atoms with Crippen LogP contribution in [0, 0.1) is 5.92 Å². The second-order valence-electron chi connectivity index (χ2n) is 4.68. The van der Waals surface area contributed by atoms with Crippen molar-refractivity contribution in [1.82, 2.24) is 5.32 Å². The summed E-state index contributed by atoms with van der Waals surface area (Å²) in [6, 6.07) is 5.98. The zero-order chi connectivity index (χ0) is 14.3. The van der Waals surface area contributed by atoms with Gasteiger partial charge in [0.2, 0.25) is 0 Å². The van der Waals surface area contributed by atoms with Crippen molar-refractivity contribution < 1.29 is 9.47 Å². The van der Waals surface area contributed by atoms with Crippen molar-refractivity contribution >= 4 is 11.6 Å². The summed E-state index contributed by atoms with van der Waals surface area (Å²) in [4.78, 5) is 0. The second kappa shape index (κ2) is 8.41. The highest BCUT2D eigenvalue weighted by molar-refractivity contribution is 6.30. The van der Waals surface area contributed by atoms with Gasteiger partial charge in [-0.1, -0.05) is 25.4 Å². The van der Waals surface area contributed by atoms with Crippen molar-refractivity contribution in [2.24, 2.45) is 5.92 Å². The first kappa shape index (κ1) is 16.3. The molecule has 1 aromatic carbocycles. The summed E-state index contributed by atoms with van der Waals surface area (Å²) < 4.78 is 10.6. The molecule has 0 spiro atoms. The Labute approximate surface area is 121 Å². The van der Waals surface area contributed by atoms with Gasteiger partial charge in [-0.25, -0.2) is 0 Å². The van der Waals surface area contributed by atoms with Crippen molar-refractivity contribution in [1.29, 1.82) is 0 Å². The summed E-state index contributed by atoms with van der Waals surface area (Å²) in [6.45, 7) is 5.98. The van der Waals surface area contributed by atoms with Gasteiger partial charge >= 0.3 is 0 Å². The van der Waals surface area contributed by atoms with Gasteiger partial charge in [-0.2, -0.15) is 0 Å². The van der Waals surface area contributed by atoms with Crippen LogP contribution in [0.2, 0.25) is 5.02 Å². The highest BCUT2D eigenvalue weighted by Crippen LogP contribution is 2.33. The third-order valence-corrected chi connectivity index (χ3v) is 3.53. The molecule has 1 rings (SSSR count). The number of hydrogen-bond donors (Lipinski definition) is 1. The molecule has 0 aliphatic heterocycles. The molecule has 0 aliphatic rings. The molecule has 0 aromatic heterocycles. The normalized spacial score (nSPS) is 14.2. The van der Waals surface area contributed by atoms with E-state index >= 15 is 0 Å². The first-order valence-corrected chi connectivity index (χ1v) is 7.07. The SMILES string of the molecule is CCNC(c1cc(Cl)ccc1OC)C(C)CCOC. The van der Waals surface area contributed by atoms with E-state index in [4.69, 9.17) is 21.1 Å².